The lowest BCUT2D eigenvalue weighted by molar-refractivity contribution is -0.139. The summed E-state index contributed by atoms with van der Waals surface area (Å²) in [5.41, 5.74) is 2.91. The van der Waals surface area contributed by atoms with E-state index in [1.807, 2.05) is 0 Å². The van der Waals surface area contributed by atoms with E-state index in [9.17, 15) is 22.4 Å². The molecule has 2 heterocycles. The summed E-state index contributed by atoms with van der Waals surface area (Å²) in [5.74, 6) is -2.81. The number of ketones is 1. The number of halogens is 4. The number of rotatable bonds is 4. The highest BCUT2D eigenvalue weighted by Gasteiger charge is 2.55. The molecular formula is C31H24F4N2O. The van der Waals surface area contributed by atoms with Crippen LogP contribution in [0.3, 0.4) is 0 Å². The minimum absolute atomic E-state index is 0.0326. The Morgan fingerprint density at radius 2 is 0.605 bits per heavy atom. The second-order valence-corrected chi connectivity index (χ2v) is 9.90. The van der Waals surface area contributed by atoms with Gasteiger partial charge in [-0.05, 0) is 70.8 Å². The SMILES string of the molecule is O=C1C2[C@@H](c3ccc(F)cc3)N[C@H](c3ccc(F)cc3)C1[C@H](c1ccc(F)cc1)N[C@@H]2c1ccc(F)cc1. The highest BCUT2D eigenvalue weighted by molar-refractivity contribution is 5.89. The van der Waals surface area contributed by atoms with E-state index in [-0.39, 0.29) is 5.78 Å². The monoisotopic (exact) mass is 516 g/mol. The Labute approximate surface area is 217 Å². The summed E-state index contributed by atoms with van der Waals surface area (Å²) in [4.78, 5) is 14.4. The smallest absolute Gasteiger partial charge is 0.146 e. The predicted molar refractivity (Wildman–Crippen MR) is 135 cm³/mol. The zero-order valence-electron chi connectivity index (χ0n) is 20.1. The molecule has 2 aliphatic heterocycles. The van der Waals surface area contributed by atoms with Gasteiger partial charge in [0.25, 0.3) is 0 Å². The second kappa shape index (κ2) is 9.82. The van der Waals surface area contributed by atoms with Crippen LogP contribution in [0.1, 0.15) is 46.4 Å². The van der Waals surface area contributed by atoms with Gasteiger partial charge in [0.2, 0.25) is 0 Å². The summed E-state index contributed by atoms with van der Waals surface area (Å²) in [6, 6.07) is 22.0. The standard InChI is InChI=1S/C31H24F4N2O/c32-21-9-1-17(2-10-21)27-25-28(18-3-11-22(33)12-4-18)37-30(20-7-15-24(35)16-8-20)26(31(25)38)29(36-27)19-5-13-23(34)14-6-19/h1-16,25-30,36-37H/t25?,26?,27-,28-,29-,30+/m1/s1. The van der Waals surface area contributed by atoms with Gasteiger partial charge in [-0.2, -0.15) is 0 Å². The van der Waals surface area contributed by atoms with Crippen molar-refractivity contribution < 1.29 is 22.4 Å². The third-order valence-electron chi connectivity index (χ3n) is 7.73. The van der Waals surface area contributed by atoms with Gasteiger partial charge in [0.05, 0.1) is 11.8 Å². The molecular weight excluding hydrogens is 492 g/mol. The summed E-state index contributed by atoms with van der Waals surface area (Å²) < 4.78 is 55.2. The normalized spacial score (nSPS) is 26.8. The molecule has 0 aliphatic carbocycles. The molecule has 3 nitrogen and oxygen atoms in total. The van der Waals surface area contributed by atoms with Crippen molar-refractivity contribution in [3.05, 3.63) is 143 Å². The molecule has 38 heavy (non-hydrogen) atoms. The molecule has 7 heteroatoms. The van der Waals surface area contributed by atoms with Crippen LogP contribution in [-0.2, 0) is 4.79 Å². The topological polar surface area (TPSA) is 41.1 Å². The molecule has 0 radical (unpaired) electrons. The van der Waals surface area contributed by atoms with Crippen molar-refractivity contribution in [2.24, 2.45) is 11.8 Å². The van der Waals surface area contributed by atoms with E-state index in [1.165, 1.54) is 48.5 Å². The Morgan fingerprint density at radius 3 is 0.816 bits per heavy atom. The molecule has 2 bridgehead atoms. The van der Waals surface area contributed by atoms with Crippen molar-refractivity contribution >= 4 is 5.78 Å². The van der Waals surface area contributed by atoms with Gasteiger partial charge in [-0.1, -0.05) is 48.5 Å². The molecule has 0 saturated carbocycles. The van der Waals surface area contributed by atoms with E-state index < -0.39 is 59.3 Å². The average Bonchev–Trinajstić information content (AvgIpc) is 2.91. The van der Waals surface area contributed by atoms with E-state index in [4.69, 9.17) is 0 Å². The molecule has 4 aromatic rings. The van der Waals surface area contributed by atoms with E-state index in [1.54, 1.807) is 48.5 Å². The van der Waals surface area contributed by atoms with E-state index in [2.05, 4.69) is 10.6 Å². The lowest BCUT2D eigenvalue weighted by Gasteiger charge is -2.52. The summed E-state index contributed by atoms with van der Waals surface area (Å²) in [6.45, 7) is 0. The molecule has 0 amide bonds. The Bertz CT molecular complexity index is 1230. The highest BCUT2D eigenvalue weighted by Crippen LogP contribution is 2.52. The first kappa shape index (κ1) is 24.5. The first-order valence-corrected chi connectivity index (χ1v) is 12.5. The lowest BCUT2D eigenvalue weighted by Crippen LogP contribution is -2.60. The van der Waals surface area contributed by atoms with Gasteiger partial charge < -0.3 is 10.6 Å². The molecule has 6 rings (SSSR count). The van der Waals surface area contributed by atoms with Crippen LogP contribution in [0.5, 0.6) is 0 Å². The number of nitrogens with one attached hydrogen (secondary N) is 2. The number of carbonyl (C=O) groups is 1. The van der Waals surface area contributed by atoms with Gasteiger partial charge in [-0.25, -0.2) is 17.6 Å². The lowest BCUT2D eigenvalue weighted by atomic mass is 9.64. The number of benzene rings is 4. The van der Waals surface area contributed by atoms with Crippen LogP contribution in [-0.4, -0.2) is 5.78 Å². The van der Waals surface area contributed by atoms with Crippen molar-refractivity contribution in [3.63, 3.8) is 0 Å². The van der Waals surface area contributed by atoms with Crippen molar-refractivity contribution in [2.45, 2.75) is 24.2 Å². The molecule has 2 N–H and O–H groups in total. The molecule has 2 saturated heterocycles. The van der Waals surface area contributed by atoms with Gasteiger partial charge in [-0.15, -0.1) is 0 Å². The number of piperidine rings is 2. The minimum Gasteiger partial charge on any atom is -0.302 e. The molecule has 2 unspecified atom stereocenters. The minimum atomic E-state index is -0.607. The van der Waals surface area contributed by atoms with Crippen LogP contribution in [0.2, 0.25) is 0 Å². The Balaban J connectivity index is 1.51. The van der Waals surface area contributed by atoms with Gasteiger partial charge in [0.1, 0.15) is 29.1 Å². The molecule has 2 fully saturated rings. The van der Waals surface area contributed by atoms with Crippen LogP contribution < -0.4 is 10.6 Å². The van der Waals surface area contributed by atoms with Crippen LogP contribution in [0.25, 0.3) is 0 Å². The Morgan fingerprint density at radius 1 is 0.395 bits per heavy atom. The highest BCUT2D eigenvalue weighted by atomic mass is 19.1. The first-order chi connectivity index (χ1) is 18.4. The van der Waals surface area contributed by atoms with Gasteiger partial charge in [-0.3, -0.25) is 4.79 Å². The van der Waals surface area contributed by atoms with E-state index >= 15 is 0 Å². The first-order valence-electron chi connectivity index (χ1n) is 12.5. The Kier molecular flexibility index (Phi) is 6.33. The largest absolute Gasteiger partial charge is 0.302 e. The number of hydrogen-bond acceptors (Lipinski definition) is 3. The average molecular weight is 517 g/mol. The zero-order valence-corrected chi connectivity index (χ0v) is 20.1. The van der Waals surface area contributed by atoms with E-state index in [0.29, 0.717) is 0 Å². The maximum absolute atomic E-state index is 14.4. The number of carbonyl (C=O) groups excluding carboxylic acids is 1. The fraction of sp³-hybridized carbons (Fsp3) is 0.194. The fourth-order valence-corrected chi connectivity index (χ4v) is 5.96. The molecule has 4 aromatic carbocycles. The summed E-state index contributed by atoms with van der Waals surface area (Å²) in [7, 11) is 0. The maximum Gasteiger partial charge on any atom is 0.146 e. The van der Waals surface area contributed by atoms with Crippen LogP contribution in [0.15, 0.2) is 97.1 Å². The van der Waals surface area contributed by atoms with Crippen LogP contribution in [0, 0.1) is 35.1 Å². The Hall–Kier alpha value is -3.81. The van der Waals surface area contributed by atoms with Gasteiger partial charge in [0, 0.05) is 24.2 Å². The van der Waals surface area contributed by atoms with Gasteiger partial charge in [0.15, 0.2) is 0 Å². The molecule has 0 aromatic heterocycles. The third kappa shape index (κ3) is 4.42. The molecule has 0 spiro atoms. The number of Topliss-reactive ketones (excluding diaryl/α,β-unsaturated/α-hetero) is 1. The maximum atomic E-state index is 14.4. The van der Waals surface area contributed by atoms with Crippen LogP contribution in [0.4, 0.5) is 17.6 Å². The van der Waals surface area contributed by atoms with Gasteiger partial charge >= 0.3 is 0 Å². The van der Waals surface area contributed by atoms with Crippen molar-refractivity contribution in [1.29, 1.82) is 0 Å². The summed E-state index contributed by atoms with van der Waals surface area (Å²) >= 11 is 0. The second-order valence-electron chi connectivity index (χ2n) is 9.90. The van der Waals surface area contributed by atoms with Crippen molar-refractivity contribution in [2.75, 3.05) is 0 Å². The molecule has 2 aliphatic rings. The third-order valence-corrected chi connectivity index (χ3v) is 7.73. The number of fused-ring (bicyclic) bond motifs is 2. The summed E-state index contributed by atoms with van der Waals surface area (Å²) in [6.07, 6.45) is 0. The molecule has 6 atom stereocenters. The number of hydrogen-bond donors (Lipinski definition) is 2. The quantitative estimate of drug-likeness (QED) is 0.304. The fourth-order valence-electron chi connectivity index (χ4n) is 5.96. The van der Waals surface area contributed by atoms with Crippen LogP contribution >= 0.6 is 0 Å². The van der Waals surface area contributed by atoms with E-state index in [0.717, 1.165) is 22.3 Å². The molecule has 192 valence electrons. The summed E-state index contributed by atoms with van der Waals surface area (Å²) in [5, 5.41) is 7.25. The predicted octanol–water partition coefficient (Wildman–Crippen LogP) is 6.52. The zero-order chi connectivity index (χ0) is 26.4. The van der Waals surface area contributed by atoms with Crippen molar-refractivity contribution in [3.8, 4) is 0 Å². The van der Waals surface area contributed by atoms with Crippen molar-refractivity contribution in [1.82, 2.24) is 10.6 Å².